The van der Waals surface area contributed by atoms with Crippen molar-refractivity contribution in [3.05, 3.63) is 65.7 Å². The largest absolute Gasteiger partial charge is 0.494 e. The molecule has 1 heterocycles. The summed E-state index contributed by atoms with van der Waals surface area (Å²) in [5.41, 5.74) is 1.75. The molecule has 1 saturated heterocycles. The zero-order chi connectivity index (χ0) is 18.9. The van der Waals surface area contributed by atoms with Crippen molar-refractivity contribution < 1.29 is 14.3 Å². The minimum atomic E-state index is -0.272. The van der Waals surface area contributed by atoms with Crippen molar-refractivity contribution in [1.29, 1.82) is 0 Å². The van der Waals surface area contributed by atoms with E-state index in [-0.39, 0.29) is 11.8 Å². The van der Waals surface area contributed by atoms with Crippen LogP contribution in [0.25, 0.3) is 0 Å². The third kappa shape index (κ3) is 5.41. The van der Waals surface area contributed by atoms with Crippen LogP contribution in [0.2, 0.25) is 0 Å². The van der Waals surface area contributed by atoms with Gasteiger partial charge in [-0.25, -0.2) is 0 Å². The number of unbranched alkanes of at least 4 members (excludes halogenated alkanes) is 2. The van der Waals surface area contributed by atoms with Crippen molar-refractivity contribution >= 4 is 5.78 Å². The van der Waals surface area contributed by atoms with Crippen LogP contribution in [0.4, 0.5) is 0 Å². The van der Waals surface area contributed by atoms with Crippen LogP contribution in [0.1, 0.15) is 48.1 Å². The van der Waals surface area contributed by atoms with Crippen LogP contribution >= 0.6 is 0 Å². The summed E-state index contributed by atoms with van der Waals surface area (Å²) in [7, 11) is 0. The van der Waals surface area contributed by atoms with Gasteiger partial charge in [0.1, 0.15) is 5.75 Å². The third-order valence-corrected chi connectivity index (χ3v) is 4.93. The molecule has 2 aromatic carbocycles. The Kier molecular flexibility index (Phi) is 7.43. The smallest absolute Gasteiger partial charge is 0.184 e. The monoisotopic (exact) mass is 367 g/mol. The first-order valence-electron chi connectivity index (χ1n) is 9.93. The van der Waals surface area contributed by atoms with Gasteiger partial charge in [0.15, 0.2) is 5.78 Å². The first kappa shape index (κ1) is 19.6. The molecular weight excluding hydrogens is 338 g/mol. The van der Waals surface area contributed by atoms with E-state index in [1.54, 1.807) is 0 Å². The molecule has 4 heteroatoms. The maximum absolute atomic E-state index is 13.3. The number of ketones is 1. The van der Waals surface area contributed by atoms with Crippen molar-refractivity contribution in [3.8, 4) is 5.75 Å². The zero-order valence-corrected chi connectivity index (χ0v) is 16.1. The van der Waals surface area contributed by atoms with Crippen molar-refractivity contribution in [2.75, 3.05) is 32.9 Å². The van der Waals surface area contributed by atoms with E-state index < -0.39 is 0 Å². The SMILES string of the molecule is CCCCCOc1ccc(C(=O)[C@@H](c2ccccc2)N2CCOCC2)cc1. The number of hydrogen-bond acceptors (Lipinski definition) is 4. The van der Waals surface area contributed by atoms with Gasteiger partial charge >= 0.3 is 0 Å². The average Bonchev–Trinajstić information content (AvgIpc) is 2.73. The summed E-state index contributed by atoms with van der Waals surface area (Å²) in [6.07, 6.45) is 3.42. The van der Waals surface area contributed by atoms with Crippen LogP contribution in [0.3, 0.4) is 0 Å². The molecule has 1 aliphatic rings. The van der Waals surface area contributed by atoms with Crippen molar-refractivity contribution in [1.82, 2.24) is 4.90 Å². The Morgan fingerprint density at radius 1 is 1.04 bits per heavy atom. The van der Waals surface area contributed by atoms with Gasteiger partial charge in [0.05, 0.1) is 25.9 Å². The Labute approximate surface area is 162 Å². The number of nitrogens with zero attached hydrogens (tertiary/aromatic N) is 1. The van der Waals surface area contributed by atoms with Crippen LogP contribution in [0, 0.1) is 0 Å². The molecule has 0 saturated carbocycles. The summed E-state index contributed by atoms with van der Waals surface area (Å²) in [5.74, 6) is 0.950. The van der Waals surface area contributed by atoms with Crippen molar-refractivity contribution in [2.24, 2.45) is 0 Å². The molecule has 0 amide bonds. The van der Waals surface area contributed by atoms with Gasteiger partial charge in [0.2, 0.25) is 0 Å². The number of Topliss-reactive ketones (excluding diaryl/α,β-unsaturated/α-hetero) is 1. The maximum atomic E-state index is 13.3. The molecule has 0 radical (unpaired) electrons. The molecule has 2 aromatic rings. The van der Waals surface area contributed by atoms with E-state index in [0.29, 0.717) is 13.2 Å². The molecule has 3 rings (SSSR count). The van der Waals surface area contributed by atoms with Crippen LogP contribution in [0.15, 0.2) is 54.6 Å². The number of morpholine rings is 1. The summed E-state index contributed by atoms with van der Waals surface area (Å²) in [5, 5.41) is 0. The van der Waals surface area contributed by atoms with Crippen LogP contribution in [-0.2, 0) is 4.74 Å². The van der Waals surface area contributed by atoms with E-state index in [1.165, 1.54) is 12.8 Å². The fourth-order valence-corrected chi connectivity index (χ4v) is 3.41. The van der Waals surface area contributed by atoms with Gasteiger partial charge in [0, 0.05) is 18.7 Å². The molecule has 0 bridgehead atoms. The first-order chi connectivity index (χ1) is 13.3. The van der Waals surface area contributed by atoms with E-state index in [1.807, 2.05) is 54.6 Å². The Hall–Kier alpha value is -2.17. The summed E-state index contributed by atoms with van der Waals surface area (Å²) in [6, 6.07) is 17.3. The fourth-order valence-electron chi connectivity index (χ4n) is 3.41. The molecule has 1 aliphatic heterocycles. The van der Waals surface area contributed by atoms with Gasteiger partial charge in [-0.05, 0) is 36.2 Å². The standard InChI is InChI=1S/C23H29NO3/c1-2-3-7-16-27-21-12-10-20(11-13-21)23(25)22(19-8-5-4-6-9-19)24-14-17-26-18-15-24/h4-6,8-13,22H,2-3,7,14-18H2,1H3/t22-/m1/s1. The first-order valence-corrected chi connectivity index (χ1v) is 9.93. The van der Waals surface area contributed by atoms with E-state index >= 15 is 0 Å². The molecule has 27 heavy (non-hydrogen) atoms. The molecule has 0 unspecified atom stereocenters. The van der Waals surface area contributed by atoms with E-state index in [2.05, 4.69) is 11.8 Å². The number of hydrogen-bond donors (Lipinski definition) is 0. The highest BCUT2D eigenvalue weighted by Crippen LogP contribution is 2.27. The van der Waals surface area contributed by atoms with Crippen molar-refractivity contribution in [2.45, 2.75) is 32.2 Å². The van der Waals surface area contributed by atoms with E-state index in [4.69, 9.17) is 9.47 Å². The molecule has 0 spiro atoms. The van der Waals surface area contributed by atoms with E-state index in [0.717, 1.165) is 43.0 Å². The second-order valence-corrected chi connectivity index (χ2v) is 6.91. The Morgan fingerprint density at radius 3 is 2.41 bits per heavy atom. The highest BCUT2D eigenvalue weighted by Gasteiger charge is 2.29. The molecule has 144 valence electrons. The Morgan fingerprint density at radius 2 is 1.74 bits per heavy atom. The lowest BCUT2D eigenvalue weighted by Crippen LogP contribution is -2.42. The normalized spacial score (nSPS) is 16.0. The molecule has 1 fully saturated rings. The van der Waals surface area contributed by atoms with Gasteiger partial charge in [0.25, 0.3) is 0 Å². The van der Waals surface area contributed by atoms with E-state index in [9.17, 15) is 4.79 Å². The number of carbonyl (C=O) groups is 1. The highest BCUT2D eigenvalue weighted by atomic mass is 16.5. The topological polar surface area (TPSA) is 38.8 Å². The van der Waals surface area contributed by atoms with Gasteiger partial charge in [-0.3, -0.25) is 9.69 Å². The number of benzene rings is 2. The average molecular weight is 367 g/mol. The second kappa shape index (κ2) is 10.2. The van der Waals surface area contributed by atoms with Crippen LogP contribution in [0.5, 0.6) is 5.75 Å². The lowest BCUT2D eigenvalue weighted by Gasteiger charge is -2.33. The molecule has 0 N–H and O–H groups in total. The van der Waals surface area contributed by atoms with Gasteiger partial charge in [-0.15, -0.1) is 0 Å². The van der Waals surface area contributed by atoms with Gasteiger partial charge < -0.3 is 9.47 Å². The predicted octanol–water partition coefficient (Wildman–Crippen LogP) is 4.51. The minimum absolute atomic E-state index is 0.126. The fraction of sp³-hybridized carbons (Fsp3) is 0.435. The Bertz CT molecular complexity index is 693. The van der Waals surface area contributed by atoms with Gasteiger partial charge in [-0.2, -0.15) is 0 Å². The molecule has 0 aromatic heterocycles. The minimum Gasteiger partial charge on any atom is -0.494 e. The lowest BCUT2D eigenvalue weighted by molar-refractivity contribution is 0.0172. The van der Waals surface area contributed by atoms with Crippen LogP contribution in [-0.4, -0.2) is 43.6 Å². The predicted molar refractivity (Wildman–Crippen MR) is 107 cm³/mol. The molecular formula is C23H29NO3. The summed E-state index contributed by atoms with van der Waals surface area (Å²) in [4.78, 5) is 15.6. The summed E-state index contributed by atoms with van der Waals surface area (Å²) < 4.78 is 11.2. The summed E-state index contributed by atoms with van der Waals surface area (Å²) >= 11 is 0. The number of rotatable bonds is 9. The van der Waals surface area contributed by atoms with Gasteiger partial charge in [-0.1, -0.05) is 50.1 Å². The zero-order valence-electron chi connectivity index (χ0n) is 16.1. The molecule has 1 atom stereocenters. The highest BCUT2D eigenvalue weighted by molar-refractivity contribution is 6.00. The Balaban J connectivity index is 1.73. The second-order valence-electron chi connectivity index (χ2n) is 6.91. The third-order valence-electron chi connectivity index (χ3n) is 4.93. The van der Waals surface area contributed by atoms with Crippen molar-refractivity contribution in [3.63, 3.8) is 0 Å². The number of ether oxygens (including phenoxy) is 2. The molecule has 0 aliphatic carbocycles. The quantitative estimate of drug-likeness (QED) is 0.483. The molecule has 4 nitrogen and oxygen atoms in total. The number of carbonyl (C=O) groups excluding carboxylic acids is 1. The van der Waals surface area contributed by atoms with Crippen LogP contribution < -0.4 is 4.74 Å². The maximum Gasteiger partial charge on any atom is 0.184 e. The summed E-state index contributed by atoms with van der Waals surface area (Å²) in [6.45, 7) is 5.77. The lowest BCUT2D eigenvalue weighted by atomic mass is 9.95.